The summed E-state index contributed by atoms with van der Waals surface area (Å²) in [6.45, 7) is 10.4. The summed E-state index contributed by atoms with van der Waals surface area (Å²) in [5.41, 5.74) is 8.50. The van der Waals surface area contributed by atoms with Crippen molar-refractivity contribution in [3.63, 3.8) is 0 Å². The second kappa shape index (κ2) is 5.70. The van der Waals surface area contributed by atoms with Crippen LogP contribution in [0.1, 0.15) is 34.6 Å². The molecule has 0 saturated heterocycles. The smallest absolute Gasteiger partial charge is 0.0286 e. The molecule has 1 rings (SSSR count). The zero-order valence-corrected chi connectivity index (χ0v) is 8.73. The molecule has 0 atom stereocenters. The van der Waals surface area contributed by atoms with Crippen LogP contribution in [0.25, 0.3) is 0 Å². The van der Waals surface area contributed by atoms with Gasteiger partial charge in [-0.2, -0.15) is 0 Å². The van der Waals surface area contributed by atoms with Gasteiger partial charge in [-0.1, -0.05) is 27.7 Å². The van der Waals surface area contributed by atoms with Gasteiger partial charge in [0, 0.05) is 11.9 Å². The van der Waals surface area contributed by atoms with Gasteiger partial charge in [-0.15, -0.1) is 0 Å². The highest BCUT2D eigenvalue weighted by atomic mass is 15.3. The van der Waals surface area contributed by atoms with Gasteiger partial charge in [0.15, 0.2) is 0 Å². The van der Waals surface area contributed by atoms with Crippen LogP contribution >= 0.6 is 0 Å². The van der Waals surface area contributed by atoms with E-state index in [-0.39, 0.29) is 0 Å². The van der Waals surface area contributed by atoms with Crippen molar-refractivity contribution in [2.75, 3.05) is 0 Å². The van der Waals surface area contributed by atoms with Gasteiger partial charge in [0.05, 0.1) is 0 Å². The minimum absolute atomic E-state index is 0.601. The Balaban J connectivity index is 0.000000561. The maximum absolute atomic E-state index is 3.00. The van der Waals surface area contributed by atoms with Crippen LogP contribution in [-0.2, 0) is 0 Å². The fourth-order valence-electron chi connectivity index (χ4n) is 0.894. The maximum Gasteiger partial charge on any atom is 0.0286 e. The van der Waals surface area contributed by atoms with Gasteiger partial charge in [-0.05, 0) is 24.5 Å². The van der Waals surface area contributed by atoms with Crippen LogP contribution in [0.2, 0.25) is 0 Å². The molecule has 0 aromatic heterocycles. The quantitative estimate of drug-likeness (QED) is 0.629. The molecule has 1 heterocycles. The molecule has 70 valence electrons. The Morgan fingerprint density at radius 2 is 1.83 bits per heavy atom. The lowest BCUT2D eigenvalue weighted by Crippen LogP contribution is -2.28. The van der Waals surface area contributed by atoms with Gasteiger partial charge in [0.2, 0.25) is 0 Å². The average molecular weight is 168 g/mol. The van der Waals surface area contributed by atoms with Crippen molar-refractivity contribution in [2.45, 2.75) is 34.6 Å². The molecule has 0 aliphatic carbocycles. The Hall–Kier alpha value is -0.920. The summed E-state index contributed by atoms with van der Waals surface area (Å²) in [6, 6.07) is 0. The van der Waals surface area contributed by atoms with E-state index >= 15 is 0 Å². The summed E-state index contributed by atoms with van der Waals surface area (Å²) in [5, 5.41) is 0. The molecule has 0 spiro atoms. The molecule has 0 fully saturated rings. The third kappa shape index (κ3) is 3.46. The van der Waals surface area contributed by atoms with E-state index in [9.17, 15) is 0 Å². The molecule has 0 saturated carbocycles. The van der Waals surface area contributed by atoms with Gasteiger partial charge in [-0.3, -0.25) is 0 Å². The fourth-order valence-corrected chi connectivity index (χ4v) is 0.894. The van der Waals surface area contributed by atoms with Crippen molar-refractivity contribution in [1.29, 1.82) is 0 Å². The number of hydrogen-bond acceptors (Lipinski definition) is 2. The van der Waals surface area contributed by atoms with Crippen LogP contribution in [0.15, 0.2) is 23.5 Å². The highest BCUT2D eigenvalue weighted by molar-refractivity contribution is 5.25. The number of nitrogens with one attached hydrogen (secondary N) is 2. The lowest BCUT2D eigenvalue weighted by Gasteiger charge is -2.16. The Kier molecular flexibility index (Phi) is 5.26. The van der Waals surface area contributed by atoms with Crippen LogP contribution in [0.4, 0.5) is 0 Å². The van der Waals surface area contributed by atoms with Gasteiger partial charge in [0.1, 0.15) is 0 Å². The first-order valence-corrected chi connectivity index (χ1v) is 4.60. The highest BCUT2D eigenvalue weighted by Gasteiger charge is 2.03. The fraction of sp³-hybridized carbons (Fsp3) is 0.600. The molecule has 0 radical (unpaired) electrons. The molecule has 0 amide bonds. The molecule has 1 aliphatic rings. The molecule has 0 bridgehead atoms. The predicted octanol–water partition coefficient (Wildman–Crippen LogP) is 2.56. The van der Waals surface area contributed by atoms with Crippen molar-refractivity contribution in [1.82, 2.24) is 10.9 Å². The monoisotopic (exact) mass is 168 g/mol. The summed E-state index contributed by atoms with van der Waals surface area (Å²) >= 11 is 0. The molecule has 2 N–H and O–H groups in total. The zero-order valence-electron chi connectivity index (χ0n) is 8.73. The Morgan fingerprint density at radius 1 is 1.25 bits per heavy atom. The van der Waals surface area contributed by atoms with Crippen LogP contribution < -0.4 is 10.9 Å². The number of hydrazine groups is 1. The first-order chi connectivity index (χ1) is 5.70. The second-order valence-electron chi connectivity index (χ2n) is 2.90. The van der Waals surface area contributed by atoms with Gasteiger partial charge in [-0.25, -0.2) is 0 Å². The number of allylic oxidation sites excluding steroid dienone is 3. The Morgan fingerprint density at radius 3 is 2.17 bits per heavy atom. The van der Waals surface area contributed by atoms with Crippen LogP contribution in [0, 0.1) is 5.92 Å². The van der Waals surface area contributed by atoms with E-state index in [2.05, 4.69) is 30.8 Å². The topological polar surface area (TPSA) is 24.1 Å². The molecule has 0 aromatic rings. The van der Waals surface area contributed by atoms with E-state index in [1.54, 1.807) is 0 Å². The number of hydrogen-bond donors (Lipinski definition) is 2. The van der Waals surface area contributed by atoms with Gasteiger partial charge < -0.3 is 10.9 Å². The highest BCUT2D eigenvalue weighted by Crippen LogP contribution is 2.12. The standard InChI is InChI=1S/C8H14N2.C2H6/c1-6(2)8-4-7(3)10-9-5-8;1-2/h4-6,9-10H,1-3H3;1-2H3. The Bertz CT molecular complexity index is 178. The first-order valence-electron chi connectivity index (χ1n) is 4.60. The maximum atomic E-state index is 3.00. The van der Waals surface area contributed by atoms with E-state index in [0.717, 1.165) is 0 Å². The first kappa shape index (κ1) is 11.1. The summed E-state index contributed by atoms with van der Waals surface area (Å²) in [7, 11) is 0. The van der Waals surface area contributed by atoms with Crippen molar-refractivity contribution < 1.29 is 0 Å². The minimum atomic E-state index is 0.601. The average Bonchev–Trinajstić information content (AvgIpc) is 2.08. The summed E-state index contributed by atoms with van der Waals surface area (Å²) in [6.07, 6.45) is 4.15. The third-order valence-electron chi connectivity index (χ3n) is 1.56. The van der Waals surface area contributed by atoms with E-state index in [0.29, 0.717) is 5.92 Å². The molecule has 2 nitrogen and oxygen atoms in total. The molecule has 0 unspecified atom stereocenters. The number of rotatable bonds is 1. The van der Waals surface area contributed by atoms with E-state index < -0.39 is 0 Å². The van der Waals surface area contributed by atoms with Crippen LogP contribution in [0.3, 0.4) is 0 Å². The third-order valence-corrected chi connectivity index (χ3v) is 1.56. The SMILES string of the molecule is CC.CC1=CC(C(C)C)=CNN1. The minimum Gasteiger partial charge on any atom is -0.308 e. The zero-order chi connectivity index (χ0) is 9.56. The van der Waals surface area contributed by atoms with E-state index in [1.807, 2.05) is 27.0 Å². The van der Waals surface area contributed by atoms with Crippen LogP contribution in [-0.4, -0.2) is 0 Å². The van der Waals surface area contributed by atoms with Gasteiger partial charge in [0.25, 0.3) is 0 Å². The second-order valence-corrected chi connectivity index (χ2v) is 2.90. The molecular weight excluding hydrogens is 148 g/mol. The van der Waals surface area contributed by atoms with Crippen LogP contribution in [0.5, 0.6) is 0 Å². The normalized spacial score (nSPS) is 14.8. The summed E-state index contributed by atoms with van der Waals surface area (Å²) in [4.78, 5) is 0. The van der Waals surface area contributed by atoms with Crippen molar-refractivity contribution in [2.24, 2.45) is 5.92 Å². The van der Waals surface area contributed by atoms with Crippen molar-refractivity contribution in [3.8, 4) is 0 Å². The van der Waals surface area contributed by atoms with E-state index in [1.165, 1.54) is 11.3 Å². The molecule has 12 heavy (non-hydrogen) atoms. The lowest BCUT2D eigenvalue weighted by atomic mass is 10.0. The predicted molar refractivity (Wildman–Crippen MR) is 54.3 cm³/mol. The van der Waals surface area contributed by atoms with E-state index in [4.69, 9.17) is 0 Å². The molecule has 0 aromatic carbocycles. The summed E-state index contributed by atoms with van der Waals surface area (Å²) in [5.74, 6) is 0.601. The molecule has 2 heteroatoms. The molecule has 1 aliphatic heterocycles. The van der Waals surface area contributed by atoms with Crippen molar-refractivity contribution >= 4 is 0 Å². The lowest BCUT2D eigenvalue weighted by molar-refractivity contribution is 0.675. The Labute approximate surface area is 75.7 Å². The summed E-state index contributed by atoms with van der Waals surface area (Å²) < 4.78 is 0. The molecular formula is C10H20N2. The van der Waals surface area contributed by atoms with Crippen molar-refractivity contribution in [3.05, 3.63) is 23.5 Å². The largest absolute Gasteiger partial charge is 0.308 e. The van der Waals surface area contributed by atoms with Gasteiger partial charge >= 0.3 is 0 Å².